The number of benzene rings is 2. The topological polar surface area (TPSA) is 66.5 Å². The van der Waals surface area contributed by atoms with Crippen LogP contribution in [0.15, 0.2) is 64.0 Å². The molecule has 28 heavy (non-hydrogen) atoms. The van der Waals surface area contributed by atoms with Gasteiger partial charge < -0.3 is 18.6 Å². The zero-order chi connectivity index (χ0) is 18.7. The van der Waals surface area contributed by atoms with Gasteiger partial charge in [0.1, 0.15) is 11.1 Å². The van der Waals surface area contributed by atoms with E-state index in [0.717, 1.165) is 35.3 Å². The number of pyridine rings is 1. The van der Waals surface area contributed by atoms with Crippen LogP contribution in [0.25, 0.3) is 33.4 Å². The molecule has 0 N–H and O–H groups in total. The molecule has 2 aliphatic rings. The molecule has 2 aromatic heterocycles. The zero-order valence-corrected chi connectivity index (χ0v) is 14.9. The summed E-state index contributed by atoms with van der Waals surface area (Å²) in [6.45, 7) is 0.218. The number of aromatic nitrogens is 2. The molecule has 6 nitrogen and oxygen atoms in total. The van der Waals surface area contributed by atoms with Crippen molar-refractivity contribution in [1.29, 1.82) is 0 Å². The maximum Gasteiger partial charge on any atom is 0.264 e. The summed E-state index contributed by atoms with van der Waals surface area (Å²) in [6.07, 6.45) is 3.91. The molecule has 1 fully saturated rings. The van der Waals surface area contributed by atoms with Gasteiger partial charge in [0.05, 0.1) is 0 Å². The predicted molar refractivity (Wildman–Crippen MR) is 104 cm³/mol. The van der Waals surface area contributed by atoms with Crippen molar-refractivity contribution in [3.05, 3.63) is 65.1 Å². The number of hydrogen-bond acceptors (Lipinski definition) is 5. The van der Waals surface area contributed by atoms with Crippen LogP contribution in [0.5, 0.6) is 11.5 Å². The largest absolute Gasteiger partial charge is 0.454 e. The molecule has 0 radical (unpaired) electrons. The van der Waals surface area contributed by atoms with E-state index in [0.29, 0.717) is 22.4 Å². The van der Waals surface area contributed by atoms with Gasteiger partial charge in [0, 0.05) is 23.4 Å². The van der Waals surface area contributed by atoms with E-state index in [2.05, 4.69) is 5.16 Å². The van der Waals surface area contributed by atoms with Crippen molar-refractivity contribution in [3.8, 4) is 33.9 Å². The minimum Gasteiger partial charge on any atom is -0.454 e. The normalized spacial score (nSPS) is 15.3. The first kappa shape index (κ1) is 15.5. The van der Waals surface area contributed by atoms with E-state index in [9.17, 15) is 4.79 Å². The molecule has 0 atom stereocenters. The highest BCUT2D eigenvalue weighted by molar-refractivity contribution is 5.99. The molecule has 1 aliphatic heterocycles. The molecule has 0 spiro atoms. The number of rotatable bonds is 3. The Hall–Kier alpha value is -3.54. The zero-order valence-electron chi connectivity index (χ0n) is 14.9. The highest BCUT2D eigenvalue weighted by Gasteiger charge is 2.29. The van der Waals surface area contributed by atoms with E-state index in [1.54, 1.807) is 0 Å². The first-order chi connectivity index (χ1) is 13.8. The van der Waals surface area contributed by atoms with Gasteiger partial charge in [-0.25, -0.2) is 0 Å². The molecule has 1 aliphatic carbocycles. The molecule has 0 unspecified atom stereocenters. The van der Waals surface area contributed by atoms with Crippen molar-refractivity contribution in [1.82, 2.24) is 9.72 Å². The van der Waals surface area contributed by atoms with Crippen LogP contribution in [-0.2, 0) is 0 Å². The second-order valence-electron chi connectivity index (χ2n) is 7.16. The minimum absolute atomic E-state index is 0.0536. The molecule has 6 heteroatoms. The third-order valence-electron chi connectivity index (χ3n) is 5.32. The molecule has 6 rings (SSSR count). The van der Waals surface area contributed by atoms with Crippen molar-refractivity contribution in [2.45, 2.75) is 18.9 Å². The molecule has 2 aromatic carbocycles. The lowest BCUT2D eigenvalue weighted by molar-refractivity contribution is 0.174. The molecule has 138 valence electrons. The van der Waals surface area contributed by atoms with E-state index in [-0.39, 0.29) is 18.4 Å². The molecular weight excluding hydrogens is 356 g/mol. The third-order valence-corrected chi connectivity index (χ3v) is 5.32. The molecule has 0 saturated heterocycles. The predicted octanol–water partition coefficient (Wildman–Crippen LogP) is 4.39. The second-order valence-corrected chi connectivity index (χ2v) is 7.16. The van der Waals surface area contributed by atoms with Gasteiger partial charge in [0.15, 0.2) is 17.1 Å². The molecule has 4 aromatic rings. The summed E-state index contributed by atoms with van der Waals surface area (Å²) < 4.78 is 18.5. The van der Waals surface area contributed by atoms with Crippen LogP contribution < -0.4 is 15.0 Å². The summed E-state index contributed by atoms with van der Waals surface area (Å²) >= 11 is 0. The highest BCUT2D eigenvalue weighted by Crippen LogP contribution is 2.41. The van der Waals surface area contributed by atoms with Crippen molar-refractivity contribution in [2.75, 3.05) is 6.79 Å². The number of fused-ring (bicyclic) bond motifs is 2. The lowest BCUT2D eigenvalue weighted by Gasteiger charge is -2.09. The Kier molecular flexibility index (Phi) is 3.17. The second kappa shape index (κ2) is 5.73. The average molecular weight is 372 g/mol. The van der Waals surface area contributed by atoms with Gasteiger partial charge in [-0.2, -0.15) is 0 Å². The van der Waals surface area contributed by atoms with Gasteiger partial charge in [-0.15, -0.1) is 0 Å². The standard InChI is InChI=1S/C22H16N2O4/c25-22-19-20(13-4-2-1-3-5-13)23-28-21(19)16(11-24(22)15-7-8-15)14-6-9-17-18(10-14)27-12-26-17/h1-6,9-11,15H,7-8,12H2. The molecule has 0 amide bonds. The van der Waals surface area contributed by atoms with Gasteiger partial charge in [0.2, 0.25) is 6.79 Å². The first-order valence-corrected chi connectivity index (χ1v) is 9.29. The maximum atomic E-state index is 13.3. The van der Waals surface area contributed by atoms with Gasteiger partial charge >= 0.3 is 0 Å². The van der Waals surface area contributed by atoms with Gasteiger partial charge in [-0.1, -0.05) is 41.6 Å². The van der Waals surface area contributed by atoms with Crippen LogP contribution in [0.2, 0.25) is 0 Å². The van der Waals surface area contributed by atoms with Crippen molar-refractivity contribution < 1.29 is 14.0 Å². The fraction of sp³-hybridized carbons (Fsp3) is 0.182. The molecule has 1 saturated carbocycles. The Morgan fingerprint density at radius 3 is 2.61 bits per heavy atom. The van der Waals surface area contributed by atoms with Gasteiger partial charge in [-0.3, -0.25) is 4.79 Å². The Morgan fingerprint density at radius 1 is 0.964 bits per heavy atom. The highest BCUT2D eigenvalue weighted by atomic mass is 16.7. The summed E-state index contributed by atoms with van der Waals surface area (Å²) in [5, 5.41) is 4.78. The van der Waals surface area contributed by atoms with Crippen LogP contribution in [0.4, 0.5) is 0 Å². The first-order valence-electron chi connectivity index (χ1n) is 9.29. The Morgan fingerprint density at radius 2 is 1.79 bits per heavy atom. The van der Waals surface area contributed by atoms with Crippen molar-refractivity contribution >= 4 is 11.0 Å². The van der Waals surface area contributed by atoms with Crippen molar-refractivity contribution in [2.24, 2.45) is 0 Å². The Bertz CT molecular complexity index is 1270. The smallest absolute Gasteiger partial charge is 0.264 e. The summed E-state index contributed by atoms with van der Waals surface area (Å²) in [7, 11) is 0. The average Bonchev–Trinajstić information content (AvgIpc) is 3.29. The lowest BCUT2D eigenvalue weighted by Crippen LogP contribution is -2.19. The summed E-state index contributed by atoms with van der Waals surface area (Å²) in [6, 6.07) is 15.7. The number of hydrogen-bond donors (Lipinski definition) is 0. The third kappa shape index (κ3) is 2.27. The summed E-state index contributed by atoms with van der Waals surface area (Å²) in [5.74, 6) is 1.41. The number of nitrogens with zero attached hydrogens (tertiary/aromatic N) is 2. The van der Waals surface area contributed by atoms with Crippen LogP contribution in [0, 0.1) is 0 Å². The fourth-order valence-electron chi connectivity index (χ4n) is 3.74. The van der Waals surface area contributed by atoms with Crippen LogP contribution in [-0.4, -0.2) is 16.5 Å². The molecule has 0 bridgehead atoms. The maximum absolute atomic E-state index is 13.3. The monoisotopic (exact) mass is 372 g/mol. The number of ether oxygens (including phenoxy) is 2. The van der Waals surface area contributed by atoms with E-state index < -0.39 is 0 Å². The quantitative estimate of drug-likeness (QED) is 0.534. The molecular formula is C22H16N2O4. The summed E-state index contributed by atoms with van der Waals surface area (Å²) in [5.41, 5.74) is 3.62. The van der Waals surface area contributed by atoms with E-state index >= 15 is 0 Å². The minimum atomic E-state index is -0.0536. The Balaban J connectivity index is 1.64. The van der Waals surface area contributed by atoms with E-state index in [1.165, 1.54) is 0 Å². The van der Waals surface area contributed by atoms with E-state index in [1.807, 2.05) is 59.3 Å². The SMILES string of the molecule is O=c1c2c(-c3ccccc3)noc2c(-c2ccc3c(c2)OCO3)cn1C1CC1. The van der Waals surface area contributed by atoms with E-state index in [4.69, 9.17) is 14.0 Å². The van der Waals surface area contributed by atoms with Gasteiger partial charge in [-0.05, 0) is 30.5 Å². The lowest BCUT2D eigenvalue weighted by atomic mass is 10.0. The fourth-order valence-corrected chi connectivity index (χ4v) is 3.74. The van der Waals surface area contributed by atoms with Crippen molar-refractivity contribution in [3.63, 3.8) is 0 Å². The van der Waals surface area contributed by atoms with Crippen LogP contribution >= 0.6 is 0 Å². The summed E-state index contributed by atoms with van der Waals surface area (Å²) in [4.78, 5) is 13.3. The van der Waals surface area contributed by atoms with Crippen LogP contribution in [0.3, 0.4) is 0 Å². The Labute approximate surface area is 159 Å². The van der Waals surface area contributed by atoms with Gasteiger partial charge in [0.25, 0.3) is 5.56 Å². The van der Waals surface area contributed by atoms with Crippen LogP contribution in [0.1, 0.15) is 18.9 Å². The molecule has 3 heterocycles.